The van der Waals surface area contributed by atoms with Crippen molar-refractivity contribution in [1.29, 1.82) is 0 Å². The Hall–Kier alpha value is -2.17. The third kappa shape index (κ3) is 2.99. The number of imidazole rings is 1. The van der Waals surface area contributed by atoms with Crippen LogP contribution in [0, 0.1) is 18.7 Å². The van der Waals surface area contributed by atoms with Crippen molar-refractivity contribution in [3.8, 4) is 11.3 Å². The van der Waals surface area contributed by atoms with Gasteiger partial charge in [0.15, 0.2) is 0 Å². The Morgan fingerprint density at radius 3 is 2.89 bits per heavy atom. The number of halogens is 1. The topological polar surface area (TPSA) is 66.0 Å². The molecule has 4 nitrogen and oxygen atoms in total. The third-order valence-electron chi connectivity index (χ3n) is 2.95. The average molecular weight is 262 g/mol. The smallest absolute Gasteiger partial charge is 0.306 e. The van der Waals surface area contributed by atoms with Gasteiger partial charge < -0.3 is 10.1 Å². The Labute approximate surface area is 110 Å². The molecule has 1 atom stereocenters. The maximum Gasteiger partial charge on any atom is 0.306 e. The lowest BCUT2D eigenvalue weighted by molar-refractivity contribution is -0.141. The van der Waals surface area contributed by atoms with E-state index in [2.05, 4.69) is 9.97 Å². The maximum atomic E-state index is 13.2. The van der Waals surface area contributed by atoms with E-state index in [1.165, 1.54) is 12.1 Å². The van der Waals surface area contributed by atoms with Gasteiger partial charge in [-0.25, -0.2) is 9.37 Å². The van der Waals surface area contributed by atoms with Gasteiger partial charge in [-0.2, -0.15) is 0 Å². The summed E-state index contributed by atoms with van der Waals surface area (Å²) >= 11 is 0. The molecule has 2 N–H and O–H groups in total. The Kier molecular flexibility index (Phi) is 3.64. The highest BCUT2D eigenvalue weighted by atomic mass is 19.1. The largest absolute Gasteiger partial charge is 0.481 e. The fourth-order valence-electron chi connectivity index (χ4n) is 1.91. The van der Waals surface area contributed by atoms with Crippen molar-refractivity contribution >= 4 is 5.97 Å². The Morgan fingerprint density at radius 1 is 1.53 bits per heavy atom. The molecule has 0 radical (unpaired) electrons. The molecule has 0 saturated heterocycles. The van der Waals surface area contributed by atoms with E-state index in [1.807, 2.05) is 6.92 Å². The van der Waals surface area contributed by atoms with Crippen LogP contribution in [0.4, 0.5) is 4.39 Å². The number of hydrogen-bond acceptors (Lipinski definition) is 2. The van der Waals surface area contributed by atoms with Crippen LogP contribution in [0.2, 0.25) is 0 Å². The molecule has 100 valence electrons. The number of H-pyrrole nitrogens is 1. The van der Waals surface area contributed by atoms with Crippen LogP contribution < -0.4 is 0 Å². The highest BCUT2D eigenvalue weighted by Gasteiger charge is 2.16. The third-order valence-corrected chi connectivity index (χ3v) is 2.95. The molecule has 0 aliphatic heterocycles. The quantitative estimate of drug-likeness (QED) is 0.890. The number of nitrogens with one attached hydrogen (secondary N) is 1. The van der Waals surface area contributed by atoms with Crippen molar-refractivity contribution in [3.63, 3.8) is 0 Å². The van der Waals surface area contributed by atoms with Gasteiger partial charge in [-0.1, -0.05) is 19.1 Å². The first-order valence-electron chi connectivity index (χ1n) is 6.01. The zero-order valence-electron chi connectivity index (χ0n) is 10.8. The fourth-order valence-corrected chi connectivity index (χ4v) is 1.91. The zero-order chi connectivity index (χ0) is 14.0. The molecule has 0 saturated carbocycles. The summed E-state index contributed by atoms with van der Waals surface area (Å²) in [6.45, 7) is 3.46. The summed E-state index contributed by atoms with van der Waals surface area (Å²) in [5.74, 6) is -1.08. The van der Waals surface area contributed by atoms with Crippen molar-refractivity contribution in [2.45, 2.75) is 20.3 Å². The lowest BCUT2D eigenvalue weighted by Crippen LogP contribution is -2.13. The minimum atomic E-state index is -0.860. The van der Waals surface area contributed by atoms with Crippen LogP contribution in [-0.4, -0.2) is 21.0 Å². The number of aryl methyl sites for hydroxylation is 1. The molecular weight excluding hydrogens is 247 g/mol. The molecule has 1 aromatic carbocycles. The van der Waals surface area contributed by atoms with E-state index in [1.54, 1.807) is 19.1 Å². The molecule has 0 fully saturated rings. The van der Waals surface area contributed by atoms with Crippen molar-refractivity contribution in [3.05, 3.63) is 41.6 Å². The Morgan fingerprint density at radius 2 is 2.26 bits per heavy atom. The lowest BCUT2D eigenvalue weighted by atomic mass is 10.1. The second kappa shape index (κ2) is 5.22. The number of rotatable bonds is 4. The summed E-state index contributed by atoms with van der Waals surface area (Å²) in [6.07, 6.45) is 0.325. The summed E-state index contributed by atoms with van der Waals surface area (Å²) in [4.78, 5) is 18.2. The van der Waals surface area contributed by atoms with E-state index >= 15 is 0 Å². The summed E-state index contributed by atoms with van der Waals surface area (Å²) in [6, 6.07) is 6.18. The molecule has 0 aliphatic rings. The predicted molar refractivity (Wildman–Crippen MR) is 69.2 cm³/mol. The number of benzene rings is 1. The van der Waals surface area contributed by atoms with Gasteiger partial charge in [-0.3, -0.25) is 4.79 Å². The summed E-state index contributed by atoms with van der Waals surface area (Å²) in [5.41, 5.74) is 2.15. The van der Waals surface area contributed by atoms with Crippen molar-refractivity contribution in [2.75, 3.05) is 0 Å². The molecule has 5 heteroatoms. The minimum Gasteiger partial charge on any atom is -0.481 e. The van der Waals surface area contributed by atoms with Crippen LogP contribution in [0.1, 0.15) is 18.4 Å². The van der Waals surface area contributed by atoms with E-state index < -0.39 is 11.9 Å². The number of nitrogens with zero attached hydrogens (tertiary/aromatic N) is 1. The van der Waals surface area contributed by atoms with Gasteiger partial charge in [0.1, 0.15) is 11.6 Å². The number of aliphatic carboxylic acids is 1. The van der Waals surface area contributed by atoms with E-state index in [0.717, 1.165) is 5.69 Å². The highest BCUT2D eigenvalue weighted by molar-refractivity contribution is 5.70. The number of aromatic nitrogens is 2. The molecule has 1 aromatic heterocycles. The number of carboxylic acids is 1. The van der Waals surface area contributed by atoms with Gasteiger partial charge >= 0.3 is 5.97 Å². The molecular formula is C14H15FN2O2. The van der Waals surface area contributed by atoms with Crippen LogP contribution in [0.5, 0.6) is 0 Å². The molecule has 0 amide bonds. The first-order chi connectivity index (χ1) is 8.97. The molecule has 0 spiro atoms. The number of hydrogen-bond donors (Lipinski definition) is 2. The summed E-state index contributed by atoms with van der Waals surface area (Å²) in [7, 11) is 0. The second-order valence-corrected chi connectivity index (χ2v) is 4.61. The molecule has 2 aromatic rings. The number of carboxylic acid groups (broad SMARTS) is 1. The fraction of sp³-hybridized carbons (Fsp3) is 0.286. The number of aromatic amines is 1. The maximum absolute atomic E-state index is 13.2. The molecule has 0 bridgehead atoms. The van der Waals surface area contributed by atoms with Crippen molar-refractivity contribution in [2.24, 2.45) is 5.92 Å². The standard InChI is InChI=1S/C14H15FN2O2/c1-8(14(18)19)6-12-16-9(2)13(17-12)10-4-3-5-11(15)7-10/h3-5,7-8H,6H2,1-2H3,(H,16,17)(H,18,19). The van der Waals surface area contributed by atoms with E-state index in [0.29, 0.717) is 23.5 Å². The lowest BCUT2D eigenvalue weighted by Gasteiger charge is -2.02. The van der Waals surface area contributed by atoms with Crippen LogP contribution in [-0.2, 0) is 11.2 Å². The van der Waals surface area contributed by atoms with Crippen LogP contribution >= 0.6 is 0 Å². The van der Waals surface area contributed by atoms with Gasteiger partial charge in [0.05, 0.1) is 11.6 Å². The first-order valence-corrected chi connectivity index (χ1v) is 6.01. The molecule has 1 heterocycles. The highest BCUT2D eigenvalue weighted by Crippen LogP contribution is 2.22. The zero-order valence-corrected chi connectivity index (χ0v) is 10.8. The molecule has 19 heavy (non-hydrogen) atoms. The molecule has 0 aliphatic carbocycles. The Bertz CT molecular complexity index is 607. The van der Waals surface area contributed by atoms with Gasteiger partial charge in [0.2, 0.25) is 0 Å². The van der Waals surface area contributed by atoms with E-state index in [9.17, 15) is 9.18 Å². The van der Waals surface area contributed by atoms with Crippen LogP contribution in [0.25, 0.3) is 11.3 Å². The monoisotopic (exact) mass is 262 g/mol. The van der Waals surface area contributed by atoms with Gasteiger partial charge in [-0.05, 0) is 19.1 Å². The first kappa shape index (κ1) is 13.3. The normalized spacial score (nSPS) is 12.4. The van der Waals surface area contributed by atoms with Crippen molar-refractivity contribution in [1.82, 2.24) is 9.97 Å². The van der Waals surface area contributed by atoms with Gasteiger partial charge in [0, 0.05) is 17.7 Å². The predicted octanol–water partition coefficient (Wildman–Crippen LogP) is 2.79. The van der Waals surface area contributed by atoms with Crippen molar-refractivity contribution < 1.29 is 14.3 Å². The SMILES string of the molecule is Cc1[nH]c(CC(C)C(=O)O)nc1-c1cccc(F)c1. The minimum absolute atomic E-state index is 0.319. The van der Waals surface area contributed by atoms with E-state index in [-0.39, 0.29) is 5.82 Å². The number of carbonyl (C=O) groups is 1. The Balaban J connectivity index is 2.29. The summed E-state index contributed by atoms with van der Waals surface area (Å²) < 4.78 is 13.2. The average Bonchev–Trinajstić information content (AvgIpc) is 2.70. The van der Waals surface area contributed by atoms with Gasteiger partial charge in [0.25, 0.3) is 0 Å². The summed E-state index contributed by atoms with van der Waals surface area (Å²) in [5, 5.41) is 8.88. The molecule has 2 rings (SSSR count). The second-order valence-electron chi connectivity index (χ2n) is 4.61. The van der Waals surface area contributed by atoms with Crippen LogP contribution in [0.3, 0.4) is 0 Å². The van der Waals surface area contributed by atoms with Gasteiger partial charge in [-0.15, -0.1) is 0 Å². The van der Waals surface area contributed by atoms with Crippen LogP contribution in [0.15, 0.2) is 24.3 Å². The molecule has 1 unspecified atom stereocenters. The van der Waals surface area contributed by atoms with E-state index in [4.69, 9.17) is 5.11 Å².